The fraction of sp³-hybridized carbons (Fsp3) is 0.286. The number of furan rings is 1. The number of nitrogens with one attached hydrogen (secondary N) is 1. The predicted octanol–water partition coefficient (Wildman–Crippen LogP) is 4.59. The minimum atomic E-state index is -0.00125. The van der Waals surface area contributed by atoms with Gasteiger partial charge in [-0.15, -0.1) is 0 Å². The fourth-order valence-corrected chi connectivity index (χ4v) is 2.39. The molecule has 0 bridgehead atoms. The van der Waals surface area contributed by atoms with Gasteiger partial charge < -0.3 is 9.73 Å². The molecule has 0 spiro atoms. The van der Waals surface area contributed by atoms with Gasteiger partial charge in [-0.05, 0) is 31.2 Å². The van der Waals surface area contributed by atoms with Crippen molar-refractivity contribution in [2.24, 2.45) is 0 Å². The third-order valence-corrected chi connectivity index (χ3v) is 3.62. The summed E-state index contributed by atoms with van der Waals surface area (Å²) in [5, 5.41) is 4.55. The first-order chi connectivity index (χ1) is 8.63. The molecule has 0 aliphatic rings. The van der Waals surface area contributed by atoms with Crippen molar-refractivity contribution < 1.29 is 4.42 Å². The van der Waals surface area contributed by atoms with Gasteiger partial charge >= 0.3 is 0 Å². The van der Waals surface area contributed by atoms with Crippen LogP contribution >= 0.6 is 23.2 Å². The minimum Gasteiger partial charge on any atom is -0.469 e. The number of hydrogen-bond acceptors (Lipinski definition) is 2. The van der Waals surface area contributed by atoms with Crippen LogP contribution in [0, 0.1) is 6.92 Å². The van der Waals surface area contributed by atoms with Gasteiger partial charge in [-0.25, -0.2) is 0 Å². The molecule has 0 radical (unpaired) electrons. The second-order valence-corrected chi connectivity index (χ2v) is 4.91. The Balaban J connectivity index is 2.44. The molecule has 0 saturated carbocycles. The van der Waals surface area contributed by atoms with Crippen molar-refractivity contribution in [2.45, 2.75) is 19.9 Å². The Morgan fingerprint density at radius 3 is 2.72 bits per heavy atom. The maximum absolute atomic E-state index is 6.28. The van der Waals surface area contributed by atoms with E-state index in [0.29, 0.717) is 10.0 Å². The lowest BCUT2D eigenvalue weighted by atomic mass is 10.0. The molecule has 1 aromatic carbocycles. The monoisotopic (exact) mass is 283 g/mol. The van der Waals surface area contributed by atoms with Crippen LogP contribution in [0.5, 0.6) is 0 Å². The van der Waals surface area contributed by atoms with E-state index in [1.165, 1.54) is 0 Å². The van der Waals surface area contributed by atoms with E-state index in [4.69, 9.17) is 27.6 Å². The van der Waals surface area contributed by atoms with Crippen LogP contribution in [-0.2, 0) is 0 Å². The first-order valence-electron chi connectivity index (χ1n) is 5.85. The Labute approximate surface area is 117 Å². The molecule has 1 heterocycles. The summed E-state index contributed by atoms with van der Waals surface area (Å²) in [6, 6.07) is 7.67. The van der Waals surface area contributed by atoms with Crippen molar-refractivity contribution in [3.8, 4) is 0 Å². The van der Waals surface area contributed by atoms with E-state index < -0.39 is 0 Å². The highest BCUT2D eigenvalue weighted by molar-refractivity contribution is 6.42. The van der Waals surface area contributed by atoms with Gasteiger partial charge in [0.15, 0.2) is 0 Å². The van der Waals surface area contributed by atoms with Gasteiger partial charge in [-0.1, -0.05) is 42.3 Å². The molecule has 0 fully saturated rings. The summed E-state index contributed by atoms with van der Waals surface area (Å²) >= 11 is 12.3. The zero-order valence-corrected chi connectivity index (χ0v) is 11.8. The van der Waals surface area contributed by atoms with Crippen LogP contribution in [0.15, 0.2) is 34.9 Å². The van der Waals surface area contributed by atoms with E-state index in [1.54, 1.807) is 12.3 Å². The summed E-state index contributed by atoms with van der Waals surface area (Å²) < 4.78 is 5.37. The molecule has 4 heteroatoms. The first kappa shape index (κ1) is 13.5. The van der Waals surface area contributed by atoms with Crippen LogP contribution in [0.1, 0.15) is 29.9 Å². The van der Waals surface area contributed by atoms with Crippen molar-refractivity contribution in [3.63, 3.8) is 0 Å². The Kier molecular flexibility index (Phi) is 4.33. The lowest BCUT2D eigenvalue weighted by Crippen LogP contribution is -2.21. The quantitative estimate of drug-likeness (QED) is 0.888. The lowest BCUT2D eigenvalue weighted by molar-refractivity contribution is 0.525. The van der Waals surface area contributed by atoms with E-state index in [9.17, 15) is 0 Å². The van der Waals surface area contributed by atoms with E-state index in [2.05, 4.69) is 12.2 Å². The molecule has 2 rings (SSSR count). The lowest BCUT2D eigenvalue weighted by Gasteiger charge is -2.18. The number of hydrogen-bond donors (Lipinski definition) is 1. The van der Waals surface area contributed by atoms with Crippen LogP contribution in [0.25, 0.3) is 0 Å². The summed E-state index contributed by atoms with van der Waals surface area (Å²) in [5.74, 6) is 0.881. The molecule has 18 heavy (non-hydrogen) atoms. The van der Waals surface area contributed by atoms with Crippen molar-refractivity contribution >= 4 is 23.2 Å². The second kappa shape index (κ2) is 5.79. The highest BCUT2D eigenvalue weighted by atomic mass is 35.5. The summed E-state index contributed by atoms with van der Waals surface area (Å²) in [6.45, 7) is 4.81. The molecule has 1 unspecified atom stereocenters. The average molecular weight is 284 g/mol. The third-order valence-electron chi connectivity index (χ3n) is 2.78. The first-order valence-corrected chi connectivity index (χ1v) is 6.61. The van der Waals surface area contributed by atoms with Gasteiger partial charge in [-0.3, -0.25) is 0 Å². The standard InChI is InChI=1S/C14H15Cl2NO/c1-3-17-14(10-7-9(2)18-8-10)11-5-4-6-12(15)13(11)16/h4-8,14,17H,3H2,1-2H3. The Morgan fingerprint density at radius 1 is 1.33 bits per heavy atom. The summed E-state index contributed by atoms with van der Waals surface area (Å²) in [5.41, 5.74) is 2.02. The number of halogens is 2. The van der Waals surface area contributed by atoms with Crippen molar-refractivity contribution in [2.75, 3.05) is 6.54 Å². The topological polar surface area (TPSA) is 25.2 Å². The van der Waals surface area contributed by atoms with Crippen LogP contribution in [0.2, 0.25) is 10.0 Å². The molecule has 0 saturated heterocycles. The van der Waals surface area contributed by atoms with Gasteiger partial charge in [0.05, 0.1) is 22.4 Å². The summed E-state index contributed by atoms with van der Waals surface area (Å²) in [4.78, 5) is 0. The summed E-state index contributed by atoms with van der Waals surface area (Å²) in [7, 11) is 0. The van der Waals surface area contributed by atoms with Gasteiger partial charge in [-0.2, -0.15) is 0 Å². The molecular formula is C14H15Cl2NO. The normalized spacial score (nSPS) is 12.7. The highest BCUT2D eigenvalue weighted by Crippen LogP contribution is 2.33. The molecular weight excluding hydrogens is 269 g/mol. The van der Waals surface area contributed by atoms with Crippen molar-refractivity contribution in [1.29, 1.82) is 0 Å². The maximum atomic E-state index is 6.28. The third kappa shape index (κ3) is 2.72. The fourth-order valence-electron chi connectivity index (χ4n) is 1.97. The Bertz CT molecular complexity index is 536. The molecule has 0 aliphatic carbocycles. The van der Waals surface area contributed by atoms with Gasteiger partial charge in [0.25, 0.3) is 0 Å². The Morgan fingerprint density at radius 2 is 2.11 bits per heavy atom. The minimum absolute atomic E-state index is 0.00125. The smallest absolute Gasteiger partial charge is 0.101 e. The molecule has 0 aliphatic heterocycles. The zero-order chi connectivity index (χ0) is 13.1. The van der Waals surface area contributed by atoms with Gasteiger partial charge in [0.2, 0.25) is 0 Å². The SMILES string of the molecule is CCNC(c1coc(C)c1)c1cccc(Cl)c1Cl. The van der Waals surface area contributed by atoms with Crippen LogP contribution in [-0.4, -0.2) is 6.54 Å². The highest BCUT2D eigenvalue weighted by Gasteiger charge is 2.18. The van der Waals surface area contributed by atoms with E-state index >= 15 is 0 Å². The second-order valence-electron chi connectivity index (χ2n) is 4.12. The average Bonchev–Trinajstić information content (AvgIpc) is 2.77. The van der Waals surface area contributed by atoms with E-state index in [0.717, 1.165) is 23.4 Å². The van der Waals surface area contributed by atoms with Crippen LogP contribution < -0.4 is 5.32 Å². The van der Waals surface area contributed by atoms with E-state index in [-0.39, 0.29) is 6.04 Å². The maximum Gasteiger partial charge on any atom is 0.101 e. The van der Waals surface area contributed by atoms with Crippen LogP contribution in [0.4, 0.5) is 0 Å². The largest absolute Gasteiger partial charge is 0.469 e. The molecule has 1 N–H and O–H groups in total. The molecule has 2 nitrogen and oxygen atoms in total. The molecule has 96 valence electrons. The number of benzene rings is 1. The number of aryl methyl sites for hydroxylation is 1. The predicted molar refractivity (Wildman–Crippen MR) is 75.4 cm³/mol. The molecule has 1 aromatic heterocycles. The van der Waals surface area contributed by atoms with E-state index in [1.807, 2.05) is 25.1 Å². The molecule has 1 atom stereocenters. The number of rotatable bonds is 4. The molecule has 0 amide bonds. The molecule has 2 aromatic rings. The Hall–Kier alpha value is -0.960. The van der Waals surface area contributed by atoms with Gasteiger partial charge in [0, 0.05) is 5.56 Å². The zero-order valence-electron chi connectivity index (χ0n) is 10.3. The van der Waals surface area contributed by atoms with Gasteiger partial charge in [0.1, 0.15) is 5.76 Å². The van der Waals surface area contributed by atoms with Crippen LogP contribution in [0.3, 0.4) is 0 Å². The van der Waals surface area contributed by atoms with Crippen molar-refractivity contribution in [3.05, 3.63) is 57.5 Å². The van der Waals surface area contributed by atoms with Crippen molar-refractivity contribution in [1.82, 2.24) is 5.32 Å². The summed E-state index contributed by atoms with van der Waals surface area (Å²) in [6.07, 6.45) is 1.75.